The summed E-state index contributed by atoms with van der Waals surface area (Å²) in [5.74, 6) is 3.87. The fourth-order valence-electron chi connectivity index (χ4n) is 7.31. The molecule has 0 saturated heterocycles. The topological polar surface area (TPSA) is 61.3 Å². The maximum atomic E-state index is 11.6. The third-order valence-corrected chi connectivity index (χ3v) is 8.45. The van der Waals surface area contributed by atoms with Crippen LogP contribution in [0.5, 0.6) is 5.75 Å². The monoisotopic (exact) mass is 494 g/mol. The SMILES string of the molecule is CCOC(=O)/C=C/c1cnc(-c2ccc(OCc3ccccc3)c(C34CC5CC(CC(C5)C3)C4)c2)nc1. The zero-order valence-electron chi connectivity index (χ0n) is 21.4. The molecular formula is C32H34N2O3. The number of ether oxygens (including phenoxy) is 2. The van der Waals surface area contributed by atoms with Gasteiger partial charge in [0.1, 0.15) is 12.4 Å². The smallest absolute Gasteiger partial charge is 0.330 e. The molecule has 0 spiro atoms. The lowest BCUT2D eigenvalue weighted by Gasteiger charge is -2.57. The van der Waals surface area contributed by atoms with Crippen LogP contribution in [0, 0.1) is 17.8 Å². The Bertz CT molecular complexity index is 1250. The zero-order valence-corrected chi connectivity index (χ0v) is 21.4. The van der Waals surface area contributed by atoms with E-state index in [0.717, 1.165) is 34.6 Å². The summed E-state index contributed by atoms with van der Waals surface area (Å²) in [7, 11) is 0. The lowest BCUT2D eigenvalue weighted by atomic mass is 9.48. The van der Waals surface area contributed by atoms with Crippen molar-refractivity contribution in [3.63, 3.8) is 0 Å². The van der Waals surface area contributed by atoms with Crippen molar-refractivity contribution < 1.29 is 14.3 Å². The van der Waals surface area contributed by atoms with Crippen LogP contribution in [-0.4, -0.2) is 22.5 Å². The van der Waals surface area contributed by atoms with Crippen molar-refractivity contribution in [2.24, 2.45) is 17.8 Å². The van der Waals surface area contributed by atoms with Gasteiger partial charge in [-0.2, -0.15) is 0 Å². The summed E-state index contributed by atoms with van der Waals surface area (Å²) >= 11 is 0. The first-order valence-electron chi connectivity index (χ1n) is 13.6. The molecule has 4 aliphatic rings. The van der Waals surface area contributed by atoms with E-state index in [-0.39, 0.29) is 11.4 Å². The number of nitrogens with zero attached hydrogens (tertiary/aromatic N) is 2. The first-order chi connectivity index (χ1) is 18.1. The minimum absolute atomic E-state index is 0.194. The van der Waals surface area contributed by atoms with Gasteiger partial charge >= 0.3 is 5.97 Å². The fraction of sp³-hybridized carbons (Fsp3) is 0.406. The van der Waals surface area contributed by atoms with E-state index in [2.05, 4.69) is 52.4 Å². The van der Waals surface area contributed by atoms with Crippen LogP contribution in [0.4, 0.5) is 0 Å². The van der Waals surface area contributed by atoms with Crippen LogP contribution in [-0.2, 0) is 21.6 Å². The molecule has 5 nitrogen and oxygen atoms in total. The van der Waals surface area contributed by atoms with E-state index in [1.165, 1.54) is 55.7 Å². The van der Waals surface area contributed by atoms with Gasteiger partial charge in [-0.15, -0.1) is 0 Å². The van der Waals surface area contributed by atoms with Crippen LogP contribution in [0.1, 0.15) is 62.1 Å². The molecular weight excluding hydrogens is 460 g/mol. The van der Waals surface area contributed by atoms with E-state index in [1.807, 2.05) is 6.07 Å². The molecule has 0 radical (unpaired) electrons. The van der Waals surface area contributed by atoms with Gasteiger partial charge in [0.2, 0.25) is 0 Å². The minimum Gasteiger partial charge on any atom is -0.489 e. The van der Waals surface area contributed by atoms with Crippen molar-refractivity contribution in [3.05, 3.63) is 83.7 Å². The Labute approximate surface area is 219 Å². The standard InChI is InChI=1S/C32H34N2O3/c1-2-36-30(35)11-8-23-19-33-31(34-20-23)27-9-10-29(37-21-22-6-4-3-5-7-22)28(15-27)32-16-24-12-25(17-32)14-26(13-24)18-32/h3-11,15,19-20,24-26H,2,12-14,16-18,21H2,1H3/b11-8+. The Balaban J connectivity index is 1.31. The largest absolute Gasteiger partial charge is 0.489 e. The van der Waals surface area contributed by atoms with Crippen LogP contribution in [0.25, 0.3) is 17.5 Å². The molecule has 0 unspecified atom stereocenters. The summed E-state index contributed by atoms with van der Waals surface area (Å²) in [5.41, 5.74) is 4.49. The molecule has 0 aliphatic heterocycles. The van der Waals surface area contributed by atoms with E-state index < -0.39 is 0 Å². The molecule has 4 fully saturated rings. The van der Waals surface area contributed by atoms with Crippen LogP contribution in [0.15, 0.2) is 67.0 Å². The highest BCUT2D eigenvalue weighted by Crippen LogP contribution is 2.62. The van der Waals surface area contributed by atoms with Gasteiger partial charge in [0.05, 0.1) is 6.61 Å². The zero-order chi connectivity index (χ0) is 25.2. The van der Waals surface area contributed by atoms with E-state index in [9.17, 15) is 4.79 Å². The fourth-order valence-corrected chi connectivity index (χ4v) is 7.31. The van der Waals surface area contributed by atoms with Crippen molar-refractivity contribution in [2.45, 2.75) is 57.5 Å². The number of hydrogen-bond donors (Lipinski definition) is 0. The molecule has 37 heavy (non-hydrogen) atoms. The summed E-state index contributed by atoms with van der Waals surface area (Å²) in [6.45, 7) is 2.71. The second-order valence-electron chi connectivity index (χ2n) is 11.1. The highest BCUT2D eigenvalue weighted by atomic mass is 16.5. The van der Waals surface area contributed by atoms with E-state index in [1.54, 1.807) is 25.4 Å². The van der Waals surface area contributed by atoms with Gasteiger partial charge in [-0.3, -0.25) is 0 Å². The van der Waals surface area contributed by atoms with Gasteiger partial charge in [-0.05, 0) is 98.5 Å². The number of aromatic nitrogens is 2. The van der Waals surface area contributed by atoms with Gasteiger partial charge < -0.3 is 9.47 Å². The number of rotatable bonds is 8. The second kappa shape index (κ2) is 10.1. The molecule has 2 aromatic carbocycles. The number of benzene rings is 2. The molecule has 190 valence electrons. The number of carbonyl (C=O) groups is 1. The van der Waals surface area contributed by atoms with Crippen molar-refractivity contribution in [3.8, 4) is 17.1 Å². The van der Waals surface area contributed by atoms with Crippen molar-refractivity contribution >= 4 is 12.0 Å². The van der Waals surface area contributed by atoms with Crippen molar-refractivity contribution in [1.29, 1.82) is 0 Å². The molecule has 5 heteroatoms. The summed E-state index contributed by atoms with van der Waals surface area (Å²) in [4.78, 5) is 20.9. The van der Waals surface area contributed by atoms with Gasteiger partial charge in [0.15, 0.2) is 5.82 Å². The lowest BCUT2D eigenvalue weighted by molar-refractivity contribution is -0.137. The number of carbonyl (C=O) groups excluding carboxylic acids is 1. The normalized spacial score (nSPS) is 25.9. The van der Waals surface area contributed by atoms with Gasteiger partial charge in [0.25, 0.3) is 0 Å². The summed E-state index contributed by atoms with van der Waals surface area (Å²) in [5, 5.41) is 0. The minimum atomic E-state index is -0.363. The first kappa shape index (κ1) is 23.9. The average molecular weight is 495 g/mol. The number of esters is 1. The van der Waals surface area contributed by atoms with E-state index in [0.29, 0.717) is 19.0 Å². The highest BCUT2D eigenvalue weighted by molar-refractivity contribution is 5.86. The Morgan fingerprint density at radius 2 is 1.65 bits per heavy atom. The van der Waals surface area contributed by atoms with Crippen molar-refractivity contribution in [2.75, 3.05) is 6.61 Å². The van der Waals surface area contributed by atoms with Crippen LogP contribution < -0.4 is 4.74 Å². The third-order valence-electron chi connectivity index (χ3n) is 8.45. The Kier molecular flexibility index (Phi) is 6.54. The highest BCUT2D eigenvalue weighted by Gasteiger charge is 2.52. The van der Waals surface area contributed by atoms with Crippen molar-refractivity contribution in [1.82, 2.24) is 9.97 Å². The molecule has 1 heterocycles. The Hall–Kier alpha value is -3.47. The maximum absolute atomic E-state index is 11.6. The molecule has 0 N–H and O–H groups in total. The molecule has 4 saturated carbocycles. The first-order valence-corrected chi connectivity index (χ1v) is 13.6. The third kappa shape index (κ3) is 5.04. The predicted octanol–water partition coefficient (Wildman–Crippen LogP) is 6.77. The second-order valence-corrected chi connectivity index (χ2v) is 11.1. The molecule has 4 aliphatic carbocycles. The summed E-state index contributed by atoms with van der Waals surface area (Å²) < 4.78 is 11.5. The molecule has 7 rings (SSSR count). The predicted molar refractivity (Wildman–Crippen MR) is 144 cm³/mol. The summed E-state index contributed by atoms with van der Waals surface area (Å²) in [6.07, 6.45) is 14.6. The lowest BCUT2D eigenvalue weighted by Crippen LogP contribution is -2.48. The molecule has 1 aromatic heterocycles. The Morgan fingerprint density at radius 3 is 2.30 bits per heavy atom. The molecule has 3 aromatic rings. The molecule has 4 bridgehead atoms. The van der Waals surface area contributed by atoms with Gasteiger partial charge in [0, 0.05) is 35.2 Å². The van der Waals surface area contributed by atoms with Gasteiger partial charge in [-0.1, -0.05) is 30.3 Å². The average Bonchev–Trinajstić information content (AvgIpc) is 2.91. The maximum Gasteiger partial charge on any atom is 0.330 e. The van der Waals surface area contributed by atoms with E-state index in [4.69, 9.17) is 9.47 Å². The Morgan fingerprint density at radius 1 is 0.973 bits per heavy atom. The molecule has 0 amide bonds. The van der Waals surface area contributed by atoms with Crippen LogP contribution in [0.2, 0.25) is 0 Å². The van der Waals surface area contributed by atoms with E-state index >= 15 is 0 Å². The quantitative estimate of drug-likeness (QED) is 0.256. The van der Waals surface area contributed by atoms with Gasteiger partial charge in [-0.25, -0.2) is 14.8 Å². The van der Waals surface area contributed by atoms with Crippen LogP contribution >= 0.6 is 0 Å². The van der Waals surface area contributed by atoms with Crippen LogP contribution in [0.3, 0.4) is 0 Å². The number of hydrogen-bond acceptors (Lipinski definition) is 5. The molecule has 0 atom stereocenters. The summed E-state index contributed by atoms with van der Waals surface area (Å²) in [6, 6.07) is 16.9.